The Morgan fingerprint density at radius 1 is 1.47 bits per heavy atom. The first-order valence-corrected chi connectivity index (χ1v) is 7.11. The van der Waals surface area contributed by atoms with Crippen molar-refractivity contribution in [3.8, 4) is 0 Å². The van der Waals surface area contributed by atoms with E-state index in [4.69, 9.17) is 0 Å². The lowest BCUT2D eigenvalue weighted by Crippen LogP contribution is -2.52. The fourth-order valence-electron chi connectivity index (χ4n) is 2.12. The van der Waals surface area contributed by atoms with E-state index in [1.165, 1.54) is 0 Å². The van der Waals surface area contributed by atoms with E-state index in [1.54, 1.807) is 11.8 Å². The Kier molecular flexibility index (Phi) is 4.07. The van der Waals surface area contributed by atoms with Gasteiger partial charge in [-0.3, -0.25) is 4.79 Å². The fourth-order valence-corrected chi connectivity index (χ4v) is 2.71. The van der Waals surface area contributed by atoms with Crippen LogP contribution in [0.1, 0.15) is 17.3 Å². The van der Waals surface area contributed by atoms with Crippen LogP contribution in [0.4, 0.5) is 0 Å². The molecule has 0 saturated carbocycles. The number of nitrogens with zero attached hydrogens (tertiary/aromatic N) is 1. The van der Waals surface area contributed by atoms with Crippen LogP contribution in [0.3, 0.4) is 0 Å². The van der Waals surface area contributed by atoms with Gasteiger partial charge in [-0.05, 0) is 25.3 Å². The largest absolute Gasteiger partial charge is 0.333 e. The molecule has 92 valence electrons. The van der Waals surface area contributed by atoms with Gasteiger partial charge >= 0.3 is 0 Å². The molecule has 4 heteroatoms. The van der Waals surface area contributed by atoms with Gasteiger partial charge in [0.2, 0.25) is 0 Å². The molecular formula is C13H18N2OS. The Bertz CT molecular complexity index is 408. The van der Waals surface area contributed by atoms with Crippen molar-refractivity contribution in [1.29, 1.82) is 0 Å². The zero-order valence-corrected chi connectivity index (χ0v) is 11.1. The number of nitrogens with one attached hydrogen (secondary N) is 1. The van der Waals surface area contributed by atoms with Gasteiger partial charge in [0, 0.05) is 30.6 Å². The Labute approximate surface area is 107 Å². The summed E-state index contributed by atoms with van der Waals surface area (Å²) in [6.07, 6.45) is 2.01. The summed E-state index contributed by atoms with van der Waals surface area (Å²) in [6, 6.07) is 8.10. The number of hydrogen-bond donors (Lipinski definition) is 1. The summed E-state index contributed by atoms with van der Waals surface area (Å²) < 4.78 is 0. The number of amides is 1. The second kappa shape index (κ2) is 5.56. The van der Waals surface area contributed by atoms with Gasteiger partial charge in [-0.2, -0.15) is 0 Å². The van der Waals surface area contributed by atoms with Crippen LogP contribution in [-0.4, -0.2) is 42.7 Å². The lowest BCUT2D eigenvalue weighted by molar-refractivity contribution is 0.0652. The zero-order chi connectivity index (χ0) is 12.3. The third-order valence-corrected chi connectivity index (χ3v) is 3.90. The first kappa shape index (κ1) is 12.5. The molecule has 1 aromatic rings. The third-order valence-electron chi connectivity index (χ3n) is 3.10. The monoisotopic (exact) mass is 250 g/mol. The van der Waals surface area contributed by atoms with Crippen molar-refractivity contribution in [2.24, 2.45) is 0 Å². The Hall–Kier alpha value is -1.00. The molecule has 0 aromatic heterocycles. The minimum absolute atomic E-state index is 0.156. The van der Waals surface area contributed by atoms with Crippen molar-refractivity contribution in [2.75, 3.05) is 25.9 Å². The first-order valence-electron chi connectivity index (χ1n) is 5.88. The summed E-state index contributed by atoms with van der Waals surface area (Å²) in [5.41, 5.74) is 0.828. The molecule has 1 aliphatic heterocycles. The average Bonchev–Trinajstić information content (AvgIpc) is 2.38. The second-order valence-corrected chi connectivity index (χ2v) is 5.10. The van der Waals surface area contributed by atoms with E-state index in [-0.39, 0.29) is 11.9 Å². The number of piperazine rings is 1. The molecule has 1 N–H and O–H groups in total. The predicted molar refractivity (Wildman–Crippen MR) is 71.6 cm³/mol. The molecule has 1 fully saturated rings. The van der Waals surface area contributed by atoms with Gasteiger partial charge in [0.15, 0.2) is 0 Å². The van der Waals surface area contributed by atoms with Crippen molar-refractivity contribution in [2.45, 2.75) is 17.9 Å². The van der Waals surface area contributed by atoms with Gasteiger partial charge in [0.1, 0.15) is 0 Å². The Morgan fingerprint density at radius 3 is 2.94 bits per heavy atom. The number of thioether (sulfide) groups is 1. The third kappa shape index (κ3) is 2.64. The predicted octanol–water partition coefficient (Wildman–Crippen LogP) is 1.84. The lowest BCUT2D eigenvalue weighted by atomic mass is 10.1. The molecule has 1 aliphatic rings. The summed E-state index contributed by atoms with van der Waals surface area (Å²) in [7, 11) is 0. The molecule has 1 saturated heterocycles. The maximum absolute atomic E-state index is 12.5. The van der Waals surface area contributed by atoms with E-state index in [1.807, 2.05) is 35.4 Å². The Morgan fingerprint density at radius 2 is 2.24 bits per heavy atom. The molecule has 0 spiro atoms. The molecule has 0 radical (unpaired) electrons. The highest BCUT2D eigenvalue weighted by Gasteiger charge is 2.25. The van der Waals surface area contributed by atoms with Gasteiger partial charge in [-0.15, -0.1) is 11.8 Å². The first-order chi connectivity index (χ1) is 8.24. The van der Waals surface area contributed by atoms with Crippen molar-refractivity contribution in [3.05, 3.63) is 29.8 Å². The number of benzene rings is 1. The topological polar surface area (TPSA) is 32.3 Å². The smallest absolute Gasteiger partial charge is 0.255 e. The number of carbonyl (C=O) groups excluding carboxylic acids is 1. The van der Waals surface area contributed by atoms with E-state index in [0.29, 0.717) is 0 Å². The molecule has 1 amide bonds. The number of rotatable bonds is 2. The van der Waals surface area contributed by atoms with E-state index in [9.17, 15) is 4.79 Å². The van der Waals surface area contributed by atoms with Crippen molar-refractivity contribution in [1.82, 2.24) is 10.2 Å². The quantitative estimate of drug-likeness (QED) is 0.813. The van der Waals surface area contributed by atoms with Crippen LogP contribution in [0.15, 0.2) is 29.2 Å². The Balaban J connectivity index is 2.23. The lowest BCUT2D eigenvalue weighted by Gasteiger charge is -2.34. The van der Waals surface area contributed by atoms with E-state index < -0.39 is 0 Å². The molecule has 2 rings (SSSR count). The van der Waals surface area contributed by atoms with Crippen LogP contribution < -0.4 is 5.32 Å². The van der Waals surface area contributed by atoms with Crippen molar-refractivity contribution < 1.29 is 4.79 Å². The SMILES string of the molecule is CSc1ccccc1C(=O)N1CCNC[C@H]1C. The van der Waals surface area contributed by atoms with Crippen LogP contribution in [0.5, 0.6) is 0 Å². The molecule has 1 aromatic carbocycles. The van der Waals surface area contributed by atoms with Gasteiger partial charge in [-0.25, -0.2) is 0 Å². The molecule has 1 heterocycles. The van der Waals surface area contributed by atoms with Gasteiger partial charge in [0.05, 0.1) is 5.56 Å². The van der Waals surface area contributed by atoms with Gasteiger partial charge < -0.3 is 10.2 Å². The number of hydrogen-bond acceptors (Lipinski definition) is 3. The van der Waals surface area contributed by atoms with Crippen molar-refractivity contribution in [3.63, 3.8) is 0 Å². The molecule has 0 unspecified atom stereocenters. The van der Waals surface area contributed by atoms with Crippen LogP contribution in [-0.2, 0) is 0 Å². The van der Waals surface area contributed by atoms with Crippen LogP contribution >= 0.6 is 11.8 Å². The highest BCUT2D eigenvalue weighted by molar-refractivity contribution is 7.98. The zero-order valence-electron chi connectivity index (χ0n) is 10.3. The fraction of sp³-hybridized carbons (Fsp3) is 0.462. The van der Waals surface area contributed by atoms with E-state index in [2.05, 4.69) is 12.2 Å². The second-order valence-electron chi connectivity index (χ2n) is 4.25. The minimum atomic E-state index is 0.156. The molecule has 0 bridgehead atoms. The van der Waals surface area contributed by atoms with Crippen molar-refractivity contribution >= 4 is 17.7 Å². The van der Waals surface area contributed by atoms with Gasteiger partial charge in [-0.1, -0.05) is 12.1 Å². The summed E-state index contributed by atoms with van der Waals surface area (Å²) in [5, 5.41) is 3.30. The minimum Gasteiger partial charge on any atom is -0.333 e. The highest BCUT2D eigenvalue weighted by Crippen LogP contribution is 2.22. The maximum atomic E-state index is 12.5. The molecule has 17 heavy (non-hydrogen) atoms. The van der Waals surface area contributed by atoms with Crippen LogP contribution in [0, 0.1) is 0 Å². The summed E-state index contributed by atoms with van der Waals surface area (Å²) in [5.74, 6) is 0.156. The molecular weight excluding hydrogens is 232 g/mol. The van der Waals surface area contributed by atoms with Crippen LogP contribution in [0.2, 0.25) is 0 Å². The maximum Gasteiger partial charge on any atom is 0.255 e. The highest BCUT2D eigenvalue weighted by atomic mass is 32.2. The van der Waals surface area contributed by atoms with E-state index >= 15 is 0 Å². The molecule has 3 nitrogen and oxygen atoms in total. The molecule has 1 atom stereocenters. The van der Waals surface area contributed by atoms with Crippen LogP contribution in [0.25, 0.3) is 0 Å². The average molecular weight is 250 g/mol. The number of carbonyl (C=O) groups is 1. The summed E-state index contributed by atoms with van der Waals surface area (Å²) in [4.78, 5) is 15.5. The van der Waals surface area contributed by atoms with E-state index in [0.717, 1.165) is 30.1 Å². The standard InChI is InChI=1S/C13H18N2OS/c1-10-9-14-7-8-15(10)13(16)11-5-3-4-6-12(11)17-2/h3-6,10,14H,7-9H2,1-2H3/t10-/m1/s1. The summed E-state index contributed by atoms with van der Waals surface area (Å²) in [6.45, 7) is 4.65. The summed E-state index contributed by atoms with van der Waals surface area (Å²) >= 11 is 1.63. The van der Waals surface area contributed by atoms with Gasteiger partial charge in [0.25, 0.3) is 5.91 Å². The normalized spacial score (nSPS) is 20.4. The molecule has 0 aliphatic carbocycles.